The van der Waals surface area contributed by atoms with E-state index in [-0.39, 0.29) is 36.3 Å². The molecule has 1 saturated heterocycles. The fourth-order valence-corrected chi connectivity index (χ4v) is 6.55. The average Bonchev–Trinajstić information content (AvgIpc) is 3.09. The van der Waals surface area contributed by atoms with Gasteiger partial charge in [0.2, 0.25) is 0 Å². The number of halogens is 4. The maximum absolute atomic E-state index is 14.5. The highest BCUT2D eigenvalue weighted by atomic mass is 35.5. The molecule has 2 aromatic rings. The lowest BCUT2D eigenvalue weighted by Gasteiger charge is -2.60. The Hall–Kier alpha value is -2.36. The van der Waals surface area contributed by atoms with Crippen LogP contribution in [-0.4, -0.2) is 56.3 Å². The second kappa shape index (κ2) is 8.89. The topological polar surface area (TPSA) is 49.2 Å². The van der Waals surface area contributed by atoms with Crippen molar-refractivity contribution in [1.82, 2.24) is 29.9 Å². The quantitative estimate of drug-likeness (QED) is 0.573. The second-order valence-corrected chi connectivity index (χ2v) is 11.3. The van der Waals surface area contributed by atoms with E-state index in [2.05, 4.69) is 25.0 Å². The summed E-state index contributed by atoms with van der Waals surface area (Å²) in [6.07, 6.45) is 7.11. The zero-order valence-corrected chi connectivity index (χ0v) is 21.0. The minimum atomic E-state index is -2.76. The Kier molecular flexibility index (Phi) is 5.92. The number of dihydropyridines is 1. The Morgan fingerprint density at radius 1 is 1.19 bits per heavy atom. The van der Waals surface area contributed by atoms with Crippen molar-refractivity contribution in [3.05, 3.63) is 64.6 Å². The van der Waals surface area contributed by atoms with Crippen molar-refractivity contribution in [2.45, 2.75) is 63.7 Å². The van der Waals surface area contributed by atoms with Gasteiger partial charge in [-0.1, -0.05) is 24.9 Å². The van der Waals surface area contributed by atoms with Crippen molar-refractivity contribution in [3.63, 3.8) is 0 Å². The second-order valence-electron chi connectivity index (χ2n) is 10.8. The Morgan fingerprint density at radius 2 is 2.00 bits per heavy atom. The lowest BCUT2D eigenvalue weighted by atomic mass is 9.57. The van der Waals surface area contributed by atoms with Crippen LogP contribution in [0, 0.1) is 5.41 Å². The molecule has 6 nitrogen and oxygen atoms in total. The minimum Gasteiger partial charge on any atom is -0.370 e. The van der Waals surface area contributed by atoms with Crippen molar-refractivity contribution in [3.8, 4) is 5.69 Å². The zero-order chi connectivity index (χ0) is 25.1. The third-order valence-corrected chi connectivity index (χ3v) is 8.13. The molecule has 4 aliphatic rings. The van der Waals surface area contributed by atoms with Crippen LogP contribution in [-0.2, 0) is 13.1 Å². The van der Waals surface area contributed by atoms with Crippen molar-refractivity contribution in [2.75, 3.05) is 19.6 Å². The van der Waals surface area contributed by atoms with Crippen LogP contribution < -0.4 is 5.32 Å². The largest absolute Gasteiger partial charge is 0.370 e. The molecule has 6 rings (SSSR count). The predicted molar refractivity (Wildman–Crippen MR) is 132 cm³/mol. The highest BCUT2D eigenvalue weighted by Crippen LogP contribution is 2.56. The number of hydrogen-bond donors (Lipinski definition) is 1. The number of rotatable bonds is 6. The first-order valence-electron chi connectivity index (χ1n) is 12.6. The van der Waals surface area contributed by atoms with E-state index >= 15 is 0 Å². The molecule has 192 valence electrons. The molecule has 1 aliphatic carbocycles. The van der Waals surface area contributed by atoms with Gasteiger partial charge in [0.25, 0.3) is 5.92 Å². The molecule has 1 unspecified atom stereocenters. The molecule has 1 atom stereocenters. The van der Waals surface area contributed by atoms with Crippen LogP contribution in [0.3, 0.4) is 0 Å². The summed E-state index contributed by atoms with van der Waals surface area (Å²) in [6, 6.07) is 5.66. The SMILES string of the molecule is CCCC(F)(F)CN1Cc2cc(Cl)ccc2-n2c(nnc2C2CC3(C2)CN(C2C=CC(F)=CN2)C3)C1. The van der Waals surface area contributed by atoms with Gasteiger partial charge in [0.1, 0.15) is 11.7 Å². The molecule has 2 fully saturated rings. The number of fused-ring (bicyclic) bond motifs is 3. The molecule has 1 N–H and O–H groups in total. The predicted octanol–water partition coefficient (Wildman–Crippen LogP) is 5.15. The lowest BCUT2D eigenvalue weighted by molar-refractivity contribution is -0.0913. The molecule has 0 bridgehead atoms. The van der Waals surface area contributed by atoms with E-state index in [9.17, 15) is 13.2 Å². The van der Waals surface area contributed by atoms with Gasteiger partial charge in [-0.25, -0.2) is 13.2 Å². The standard InChI is InChI=1S/C26H30ClF3N6/c1-2-7-26(29,30)16-34-12-17-8-19(27)3-5-21(17)36-23(13-34)32-33-24(36)18-9-25(10-18)14-35(15-25)22-6-4-20(28)11-31-22/h3-6,8,11,18,22,31H,2,7,9-10,12-16H2,1H3. The Morgan fingerprint density at radius 3 is 2.72 bits per heavy atom. The number of benzene rings is 1. The first-order chi connectivity index (χ1) is 17.2. The van der Waals surface area contributed by atoms with Gasteiger partial charge in [0.15, 0.2) is 5.82 Å². The molecule has 36 heavy (non-hydrogen) atoms. The third kappa shape index (κ3) is 4.35. The van der Waals surface area contributed by atoms with E-state index in [4.69, 9.17) is 11.6 Å². The van der Waals surface area contributed by atoms with Crippen LogP contribution in [0.25, 0.3) is 5.69 Å². The summed E-state index contributed by atoms with van der Waals surface area (Å²) in [7, 11) is 0. The first-order valence-corrected chi connectivity index (χ1v) is 13.0. The maximum atomic E-state index is 14.5. The highest BCUT2D eigenvalue weighted by molar-refractivity contribution is 6.30. The summed E-state index contributed by atoms with van der Waals surface area (Å²) in [5, 5.41) is 12.7. The summed E-state index contributed by atoms with van der Waals surface area (Å²) >= 11 is 6.31. The van der Waals surface area contributed by atoms with Crippen LogP contribution in [0.1, 0.15) is 55.7 Å². The fraction of sp³-hybridized carbons (Fsp3) is 0.538. The highest BCUT2D eigenvalue weighted by Gasteiger charge is 2.55. The molecule has 0 amide bonds. The number of allylic oxidation sites excluding steroid dienone is 2. The molecular formula is C26H30ClF3N6. The van der Waals surface area contributed by atoms with Gasteiger partial charge in [-0.2, -0.15) is 0 Å². The van der Waals surface area contributed by atoms with Crippen LogP contribution in [0.4, 0.5) is 13.2 Å². The van der Waals surface area contributed by atoms with Crippen molar-refractivity contribution in [2.24, 2.45) is 5.41 Å². The van der Waals surface area contributed by atoms with Crippen LogP contribution in [0.15, 0.2) is 42.4 Å². The minimum absolute atomic E-state index is 0.0342. The number of nitrogens with one attached hydrogen (secondary N) is 1. The summed E-state index contributed by atoms with van der Waals surface area (Å²) in [6.45, 7) is 4.07. The molecule has 10 heteroatoms. The van der Waals surface area contributed by atoms with Crippen molar-refractivity contribution >= 4 is 11.6 Å². The van der Waals surface area contributed by atoms with E-state index in [0.29, 0.717) is 30.4 Å². The Labute approximate surface area is 213 Å². The molecule has 1 saturated carbocycles. The molecule has 3 aliphatic heterocycles. The maximum Gasteiger partial charge on any atom is 0.260 e. The van der Waals surface area contributed by atoms with E-state index in [0.717, 1.165) is 43.0 Å². The molecular weight excluding hydrogens is 489 g/mol. The number of nitrogens with zero attached hydrogens (tertiary/aromatic N) is 5. The van der Waals surface area contributed by atoms with E-state index < -0.39 is 5.92 Å². The molecule has 1 aromatic carbocycles. The van der Waals surface area contributed by atoms with Crippen molar-refractivity contribution in [1.29, 1.82) is 0 Å². The average molecular weight is 519 g/mol. The van der Waals surface area contributed by atoms with Gasteiger partial charge < -0.3 is 5.32 Å². The summed E-state index contributed by atoms with van der Waals surface area (Å²) in [5.41, 5.74) is 2.08. The van der Waals surface area contributed by atoms with Gasteiger partial charge in [-0.3, -0.25) is 14.4 Å². The van der Waals surface area contributed by atoms with Crippen LogP contribution >= 0.6 is 11.6 Å². The zero-order valence-electron chi connectivity index (χ0n) is 20.2. The number of aromatic nitrogens is 3. The van der Waals surface area contributed by atoms with Crippen LogP contribution in [0.2, 0.25) is 5.02 Å². The third-order valence-electron chi connectivity index (χ3n) is 7.89. The molecule has 1 spiro atoms. The normalized spacial score (nSPS) is 23.8. The molecule has 0 radical (unpaired) electrons. The first kappa shape index (κ1) is 24.0. The van der Waals surface area contributed by atoms with Gasteiger partial charge in [-0.05, 0) is 54.2 Å². The number of likely N-dealkylation sites (tertiary alicyclic amines) is 1. The number of alkyl halides is 2. The number of hydrogen-bond acceptors (Lipinski definition) is 5. The van der Waals surface area contributed by atoms with Gasteiger partial charge in [-0.15, -0.1) is 10.2 Å². The van der Waals surface area contributed by atoms with Gasteiger partial charge >= 0.3 is 0 Å². The molecule has 1 aromatic heterocycles. The van der Waals surface area contributed by atoms with Gasteiger partial charge in [0.05, 0.1) is 24.9 Å². The Bertz CT molecular complexity index is 1210. The van der Waals surface area contributed by atoms with Crippen molar-refractivity contribution < 1.29 is 13.2 Å². The van der Waals surface area contributed by atoms with Crippen LogP contribution in [0.5, 0.6) is 0 Å². The monoisotopic (exact) mass is 518 g/mol. The van der Waals surface area contributed by atoms with E-state index in [1.54, 1.807) is 11.8 Å². The van der Waals surface area contributed by atoms with E-state index in [1.807, 2.05) is 24.3 Å². The smallest absolute Gasteiger partial charge is 0.260 e. The Balaban J connectivity index is 1.20. The van der Waals surface area contributed by atoms with Gasteiger partial charge in [0, 0.05) is 43.2 Å². The van der Waals surface area contributed by atoms with E-state index in [1.165, 1.54) is 12.3 Å². The summed E-state index contributed by atoms with van der Waals surface area (Å²) < 4.78 is 44.4. The molecule has 4 heterocycles. The summed E-state index contributed by atoms with van der Waals surface area (Å²) in [4.78, 5) is 4.07. The summed E-state index contributed by atoms with van der Waals surface area (Å²) in [5.74, 6) is -1.16. The lowest BCUT2D eigenvalue weighted by Crippen LogP contribution is -2.66. The fourth-order valence-electron chi connectivity index (χ4n) is 6.36.